The first-order valence-electron chi connectivity index (χ1n) is 5.82. The zero-order chi connectivity index (χ0) is 12.5. The third-order valence-corrected chi connectivity index (χ3v) is 2.95. The maximum Gasteiger partial charge on any atom is 0.415 e. The molecule has 0 unspecified atom stereocenters. The average molecular weight is 243 g/mol. The number of imidazole rings is 1. The molecule has 0 bridgehead atoms. The van der Waals surface area contributed by atoms with E-state index in [0.717, 1.165) is 11.3 Å². The molecule has 5 heteroatoms. The summed E-state index contributed by atoms with van der Waals surface area (Å²) in [6.07, 6.45) is 4.07. The first-order chi connectivity index (χ1) is 8.81. The summed E-state index contributed by atoms with van der Waals surface area (Å²) < 4.78 is 6.93. The number of hydrogen-bond donors (Lipinski definition) is 0. The summed E-state index contributed by atoms with van der Waals surface area (Å²) in [5.41, 5.74) is 0.910. The molecule has 0 aromatic carbocycles. The normalized spacial score (nSPS) is 15.1. The summed E-state index contributed by atoms with van der Waals surface area (Å²) in [4.78, 5) is 17.7. The predicted molar refractivity (Wildman–Crippen MR) is 67.8 cm³/mol. The molecule has 5 nitrogen and oxygen atoms in total. The number of pyridine rings is 1. The van der Waals surface area contributed by atoms with Crippen LogP contribution in [0.2, 0.25) is 0 Å². The van der Waals surface area contributed by atoms with E-state index in [0.29, 0.717) is 25.4 Å². The van der Waals surface area contributed by atoms with Crippen molar-refractivity contribution < 1.29 is 9.53 Å². The van der Waals surface area contributed by atoms with Gasteiger partial charge in [-0.2, -0.15) is 0 Å². The van der Waals surface area contributed by atoms with E-state index >= 15 is 0 Å². The lowest BCUT2D eigenvalue weighted by Crippen LogP contribution is -2.23. The Morgan fingerprint density at radius 1 is 1.50 bits per heavy atom. The number of fused-ring (bicyclic) bond motifs is 1. The van der Waals surface area contributed by atoms with Gasteiger partial charge in [0, 0.05) is 12.6 Å². The van der Waals surface area contributed by atoms with Gasteiger partial charge in [-0.25, -0.2) is 9.78 Å². The van der Waals surface area contributed by atoms with E-state index in [2.05, 4.69) is 11.6 Å². The zero-order valence-electron chi connectivity index (χ0n) is 9.87. The Bertz CT molecular complexity index is 618. The van der Waals surface area contributed by atoms with Gasteiger partial charge in [0.15, 0.2) is 5.82 Å². The number of amides is 1. The predicted octanol–water partition coefficient (Wildman–Crippen LogP) is 2.02. The molecule has 0 aliphatic carbocycles. The minimum atomic E-state index is -0.330. The number of rotatable bonds is 3. The van der Waals surface area contributed by atoms with Gasteiger partial charge >= 0.3 is 6.09 Å². The molecule has 92 valence electrons. The Hall–Kier alpha value is -2.30. The van der Waals surface area contributed by atoms with E-state index in [-0.39, 0.29) is 6.09 Å². The molecule has 1 fully saturated rings. The molecule has 1 aliphatic heterocycles. The van der Waals surface area contributed by atoms with Crippen LogP contribution in [-0.4, -0.2) is 28.6 Å². The number of ether oxygens (including phenoxy) is 1. The second kappa shape index (κ2) is 4.18. The van der Waals surface area contributed by atoms with Crippen LogP contribution in [0.15, 0.2) is 37.1 Å². The number of aromatic nitrogens is 2. The Morgan fingerprint density at radius 2 is 2.39 bits per heavy atom. The number of carbonyl (C=O) groups is 1. The van der Waals surface area contributed by atoms with Crippen molar-refractivity contribution in [3.63, 3.8) is 0 Å². The third kappa shape index (κ3) is 1.55. The topological polar surface area (TPSA) is 46.8 Å². The lowest BCUT2D eigenvalue weighted by Gasteiger charge is -2.08. The van der Waals surface area contributed by atoms with Crippen LogP contribution in [0.5, 0.6) is 0 Å². The monoisotopic (exact) mass is 243 g/mol. The van der Waals surface area contributed by atoms with Crippen molar-refractivity contribution >= 4 is 17.4 Å². The maximum absolute atomic E-state index is 11.6. The molecule has 0 atom stereocenters. The fourth-order valence-corrected chi connectivity index (χ4v) is 2.14. The summed E-state index contributed by atoms with van der Waals surface area (Å²) >= 11 is 0. The van der Waals surface area contributed by atoms with Gasteiger partial charge in [0.2, 0.25) is 0 Å². The summed E-state index contributed by atoms with van der Waals surface area (Å²) in [6.45, 7) is 4.69. The highest BCUT2D eigenvalue weighted by Gasteiger charge is 2.27. The van der Waals surface area contributed by atoms with Crippen LogP contribution < -0.4 is 4.90 Å². The number of anilines is 1. The lowest BCUT2D eigenvalue weighted by molar-refractivity contribution is 0.181. The lowest BCUT2D eigenvalue weighted by atomic mass is 10.3. The second-order valence-corrected chi connectivity index (χ2v) is 4.07. The van der Waals surface area contributed by atoms with Crippen molar-refractivity contribution in [2.24, 2.45) is 0 Å². The van der Waals surface area contributed by atoms with Gasteiger partial charge in [0.05, 0.1) is 12.1 Å². The highest BCUT2D eigenvalue weighted by molar-refractivity contribution is 5.93. The van der Waals surface area contributed by atoms with Crippen LogP contribution in [0.1, 0.15) is 5.82 Å². The van der Waals surface area contributed by atoms with E-state index in [1.807, 2.05) is 28.8 Å². The van der Waals surface area contributed by atoms with Crippen LogP contribution in [-0.2, 0) is 11.2 Å². The molecule has 0 spiro atoms. The van der Waals surface area contributed by atoms with E-state index in [1.165, 1.54) is 0 Å². The van der Waals surface area contributed by atoms with E-state index in [4.69, 9.17) is 4.74 Å². The van der Waals surface area contributed by atoms with Crippen LogP contribution >= 0.6 is 0 Å². The van der Waals surface area contributed by atoms with Gasteiger partial charge in [0.25, 0.3) is 0 Å². The Balaban J connectivity index is 2.16. The smallest absolute Gasteiger partial charge is 0.415 e. The van der Waals surface area contributed by atoms with Crippen molar-refractivity contribution in [3.05, 3.63) is 42.9 Å². The maximum atomic E-state index is 11.6. The van der Waals surface area contributed by atoms with Crippen LogP contribution in [0.25, 0.3) is 5.52 Å². The van der Waals surface area contributed by atoms with Crippen molar-refractivity contribution in [1.82, 2.24) is 9.38 Å². The van der Waals surface area contributed by atoms with Crippen LogP contribution in [0, 0.1) is 0 Å². The van der Waals surface area contributed by atoms with Gasteiger partial charge < -0.3 is 9.14 Å². The SMILES string of the molecule is C=CCc1nc(N2CCOC2=O)c2ccccn12. The van der Waals surface area contributed by atoms with Gasteiger partial charge in [-0.15, -0.1) is 6.58 Å². The standard InChI is InChI=1S/C13H13N3O2/c1-2-5-11-14-12(16-8-9-18-13(16)17)10-6-3-4-7-15(10)11/h2-4,6-7H,1,5,8-9H2. The fraction of sp³-hybridized carbons (Fsp3) is 0.231. The molecule has 0 saturated carbocycles. The Morgan fingerprint density at radius 3 is 3.11 bits per heavy atom. The van der Waals surface area contributed by atoms with Gasteiger partial charge in [-0.1, -0.05) is 12.1 Å². The molecule has 1 saturated heterocycles. The van der Waals surface area contributed by atoms with Crippen molar-refractivity contribution in [2.45, 2.75) is 6.42 Å². The molecule has 3 heterocycles. The van der Waals surface area contributed by atoms with Crippen molar-refractivity contribution in [2.75, 3.05) is 18.1 Å². The van der Waals surface area contributed by atoms with Crippen molar-refractivity contribution in [1.29, 1.82) is 0 Å². The van der Waals surface area contributed by atoms with E-state index in [9.17, 15) is 4.79 Å². The quantitative estimate of drug-likeness (QED) is 0.775. The third-order valence-electron chi connectivity index (χ3n) is 2.95. The van der Waals surface area contributed by atoms with Crippen LogP contribution in [0.4, 0.5) is 10.6 Å². The van der Waals surface area contributed by atoms with Crippen LogP contribution in [0.3, 0.4) is 0 Å². The summed E-state index contributed by atoms with van der Waals surface area (Å²) in [5.74, 6) is 1.53. The molecule has 3 rings (SSSR count). The van der Waals surface area contributed by atoms with E-state index < -0.39 is 0 Å². The highest BCUT2D eigenvalue weighted by atomic mass is 16.6. The first kappa shape index (κ1) is 10.8. The second-order valence-electron chi connectivity index (χ2n) is 4.07. The average Bonchev–Trinajstić information content (AvgIpc) is 2.95. The minimum Gasteiger partial charge on any atom is -0.447 e. The van der Waals surface area contributed by atoms with Gasteiger partial charge in [0.1, 0.15) is 12.4 Å². The number of nitrogens with zero attached hydrogens (tertiary/aromatic N) is 3. The number of allylic oxidation sites excluding steroid dienone is 1. The summed E-state index contributed by atoms with van der Waals surface area (Å²) in [7, 11) is 0. The molecule has 18 heavy (non-hydrogen) atoms. The molecule has 1 amide bonds. The molecule has 0 N–H and O–H groups in total. The Labute approximate surface area is 104 Å². The molecular formula is C13H13N3O2. The molecule has 2 aromatic rings. The summed E-state index contributed by atoms with van der Waals surface area (Å²) in [5, 5.41) is 0. The fourth-order valence-electron chi connectivity index (χ4n) is 2.14. The molecule has 2 aromatic heterocycles. The highest BCUT2D eigenvalue weighted by Crippen LogP contribution is 2.25. The number of hydrogen-bond acceptors (Lipinski definition) is 3. The molecule has 1 aliphatic rings. The minimum absolute atomic E-state index is 0.330. The number of carbonyl (C=O) groups excluding carboxylic acids is 1. The largest absolute Gasteiger partial charge is 0.447 e. The number of cyclic esters (lactones) is 1. The first-order valence-corrected chi connectivity index (χ1v) is 5.82. The van der Waals surface area contributed by atoms with E-state index in [1.54, 1.807) is 11.0 Å². The molecular weight excluding hydrogens is 230 g/mol. The Kier molecular flexibility index (Phi) is 2.51. The van der Waals surface area contributed by atoms with Gasteiger partial charge in [-0.05, 0) is 12.1 Å². The molecule has 0 radical (unpaired) electrons. The van der Waals surface area contributed by atoms with Crippen molar-refractivity contribution in [3.8, 4) is 0 Å². The van der Waals surface area contributed by atoms with Gasteiger partial charge in [-0.3, -0.25) is 4.90 Å². The summed E-state index contributed by atoms with van der Waals surface area (Å²) in [6, 6.07) is 5.81. The zero-order valence-corrected chi connectivity index (χ0v) is 9.87.